The SMILES string of the molecule is CCCc1ccc(C#Cc2ccc(C#Cc3cc(F)c(F)c(F)c3)c(F)c2)cc1. The molecule has 0 heterocycles. The molecule has 0 nitrogen and oxygen atoms in total. The number of hydrogen-bond acceptors (Lipinski definition) is 0. The monoisotopic (exact) mass is 392 g/mol. The van der Waals surface area contributed by atoms with Crippen LogP contribution in [-0.4, -0.2) is 0 Å². The van der Waals surface area contributed by atoms with Crippen molar-refractivity contribution < 1.29 is 17.6 Å². The molecule has 0 aliphatic rings. The summed E-state index contributed by atoms with van der Waals surface area (Å²) in [6.07, 6.45) is 2.09. The smallest absolute Gasteiger partial charge is 0.194 e. The number of hydrogen-bond donors (Lipinski definition) is 0. The van der Waals surface area contributed by atoms with Gasteiger partial charge in [-0.1, -0.05) is 49.2 Å². The van der Waals surface area contributed by atoms with Gasteiger partial charge in [-0.2, -0.15) is 0 Å². The van der Waals surface area contributed by atoms with Crippen LogP contribution in [0, 0.1) is 47.0 Å². The van der Waals surface area contributed by atoms with Crippen LogP contribution in [-0.2, 0) is 6.42 Å². The predicted molar refractivity (Wildman–Crippen MR) is 105 cm³/mol. The van der Waals surface area contributed by atoms with Crippen LogP contribution in [0.2, 0.25) is 0 Å². The first-order valence-electron chi connectivity index (χ1n) is 9.03. The minimum atomic E-state index is -1.57. The van der Waals surface area contributed by atoms with Crippen LogP contribution in [0.1, 0.15) is 41.2 Å². The van der Waals surface area contributed by atoms with Gasteiger partial charge < -0.3 is 0 Å². The van der Waals surface area contributed by atoms with Crippen LogP contribution in [0.25, 0.3) is 0 Å². The van der Waals surface area contributed by atoms with Crippen LogP contribution in [0.15, 0.2) is 54.6 Å². The molecule has 3 aromatic rings. The molecule has 0 saturated heterocycles. The number of aryl methyl sites for hydroxylation is 1. The van der Waals surface area contributed by atoms with Crippen molar-refractivity contribution in [2.45, 2.75) is 19.8 Å². The molecule has 0 aliphatic carbocycles. The number of halogens is 4. The van der Waals surface area contributed by atoms with Crippen LogP contribution >= 0.6 is 0 Å². The second-order valence-corrected chi connectivity index (χ2v) is 6.40. The minimum Gasteiger partial charge on any atom is -0.206 e. The quantitative estimate of drug-likeness (QED) is 0.285. The molecule has 3 rings (SSSR count). The predicted octanol–water partition coefficient (Wildman–Crippen LogP) is 6.00. The zero-order valence-electron chi connectivity index (χ0n) is 15.6. The van der Waals surface area contributed by atoms with Crippen molar-refractivity contribution in [3.63, 3.8) is 0 Å². The second kappa shape index (κ2) is 9.13. The van der Waals surface area contributed by atoms with Gasteiger partial charge in [-0.05, 0) is 54.4 Å². The normalized spacial score (nSPS) is 9.97. The van der Waals surface area contributed by atoms with E-state index in [-0.39, 0.29) is 11.1 Å². The van der Waals surface area contributed by atoms with Crippen molar-refractivity contribution in [2.75, 3.05) is 0 Å². The number of rotatable bonds is 2. The highest BCUT2D eigenvalue weighted by Crippen LogP contribution is 2.14. The van der Waals surface area contributed by atoms with Crippen LogP contribution < -0.4 is 0 Å². The zero-order chi connectivity index (χ0) is 20.8. The molecule has 0 aromatic heterocycles. The maximum absolute atomic E-state index is 14.3. The van der Waals surface area contributed by atoms with Gasteiger partial charge in [-0.25, -0.2) is 17.6 Å². The molecule has 3 aromatic carbocycles. The number of benzene rings is 3. The molecule has 0 spiro atoms. The summed E-state index contributed by atoms with van der Waals surface area (Å²) in [6, 6.07) is 13.7. The van der Waals surface area contributed by atoms with Gasteiger partial charge in [0.25, 0.3) is 0 Å². The molecule has 0 aliphatic heterocycles. The third kappa shape index (κ3) is 5.27. The summed E-state index contributed by atoms with van der Waals surface area (Å²) < 4.78 is 53.6. The van der Waals surface area contributed by atoms with Gasteiger partial charge >= 0.3 is 0 Å². The fourth-order valence-electron chi connectivity index (χ4n) is 2.65. The first kappa shape index (κ1) is 20.2. The van der Waals surface area contributed by atoms with E-state index in [0.29, 0.717) is 5.56 Å². The Morgan fingerprint density at radius 2 is 1.17 bits per heavy atom. The summed E-state index contributed by atoms with van der Waals surface area (Å²) in [5.41, 5.74) is 2.51. The van der Waals surface area contributed by atoms with Crippen LogP contribution in [0.5, 0.6) is 0 Å². The van der Waals surface area contributed by atoms with Crippen molar-refractivity contribution in [3.8, 4) is 23.7 Å². The van der Waals surface area contributed by atoms with E-state index in [0.717, 1.165) is 30.5 Å². The third-order valence-corrected chi connectivity index (χ3v) is 4.14. The molecule has 29 heavy (non-hydrogen) atoms. The molecule has 4 heteroatoms. The Hall–Kier alpha value is -3.50. The van der Waals surface area contributed by atoms with Gasteiger partial charge in [0.15, 0.2) is 17.5 Å². The average Bonchev–Trinajstić information content (AvgIpc) is 2.71. The van der Waals surface area contributed by atoms with Gasteiger partial charge in [-0.15, -0.1) is 0 Å². The topological polar surface area (TPSA) is 0 Å². The van der Waals surface area contributed by atoms with Gasteiger partial charge in [0.1, 0.15) is 5.82 Å². The van der Waals surface area contributed by atoms with E-state index in [1.54, 1.807) is 6.07 Å². The van der Waals surface area contributed by atoms with E-state index in [1.165, 1.54) is 17.7 Å². The standard InChI is InChI=1S/C25H16F4/c1-2-3-17-4-6-18(7-5-17)8-9-19-10-12-21(22(26)14-19)13-11-20-15-23(27)25(29)24(28)16-20/h4-7,10,12,14-16H,2-3H2,1H3. The molecule has 0 unspecified atom stereocenters. The lowest BCUT2D eigenvalue weighted by Crippen LogP contribution is -1.92. The summed E-state index contributed by atoms with van der Waals surface area (Å²) in [7, 11) is 0. The lowest BCUT2D eigenvalue weighted by Gasteiger charge is -1.98. The molecule has 0 fully saturated rings. The highest BCUT2D eigenvalue weighted by molar-refractivity contribution is 5.48. The highest BCUT2D eigenvalue weighted by Gasteiger charge is 2.09. The van der Waals surface area contributed by atoms with Gasteiger partial charge in [0.2, 0.25) is 0 Å². The van der Waals surface area contributed by atoms with E-state index < -0.39 is 23.3 Å². The first-order chi connectivity index (χ1) is 14.0. The van der Waals surface area contributed by atoms with Crippen LogP contribution in [0.4, 0.5) is 17.6 Å². The van der Waals surface area contributed by atoms with E-state index in [9.17, 15) is 17.6 Å². The third-order valence-electron chi connectivity index (χ3n) is 4.14. The molecular formula is C25H16F4. The Morgan fingerprint density at radius 1 is 0.621 bits per heavy atom. The molecule has 0 N–H and O–H groups in total. The lowest BCUT2D eigenvalue weighted by molar-refractivity contribution is 0.446. The summed E-state index contributed by atoms with van der Waals surface area (Å²) in [5.74, 6) is 5.94. The summed E-state index contributed by atoms with van der Waals surface area (Å²) >= 11 is 0. The Kier molecular flexibility index (Phi) is 6.37. The van der Waals surface area contributed by atoms with E-state index in [1.807, 2.05) is 24.3 Å². The fourth-order valence-corrected chi connectivity index (χ4v) is 2.65. The molecule has 144 valence electrons. The van der Waals surface area contributed by atoms with E-state index >= 15 is 0 Å². The summed E-state index contributed by atoms with van der Waals surface area (Å²) in [4.78, 5) is 0. The van der Waals surface area contributed by atoms with Gasteiger partial charge in [-0.3, -0.25) is 0 Å². The fraction of sp³-hybridized carbons (Fsp3) is 0.120. The summed E-state index contributed by atoms with van der Waals surface area (Å²) in [5, 5.41) is 0. The lowest BCUT2D eigenvalue weighted by atomic mass is 10.1. The summed E-state index contributed by atoms with van der Waals surface area (Å²) in [6.45, 7) is 2.12. The molecular weight excluding hydrogens is 376 g/mol. The van der Waals surface area contributed by atoms with Crippen LogP contribution in [0.3, 0.4) is 0 Å². The molecule has 0 atom stereocenters. The molecule has 0 amide bonds. The molecule has 0 saturated carbocycles. The maximum atomic E-state index is 14.3. The molecule has 0 bridgehead atoms. The van der Waals surface area contributed by atoms with Crippen molar-refractivity contribution in [2.24, 2.45) is 0 Å². The highest BCUT2D eigenvalue weighted by atomic mass is 19.2. The van der Waals surface area contributed by atoms with Gasteiger partial charge in [0, 0.05) is 16.7 Å². The van der Waals surface area contributed by atoms with E-state index in [4.69, 9.17) is 0 Å². The van der Waals surface area contributed by atoms with Crippen molar-refractivity contribution >= 4 is 0 Å². The Labute approximate surface area is 167 Å². The zero-order valence-corrected chi connectivity index (χ0v) is 15.6. The Bertz CT molecular complexity index is 1130. The molecule has 0 radical (unpaired) electrons. The van der Waals surface area contributed by atoms with Crippen molar-refractivity contribution in [1.29, 1.82) is 0 Å². The second-order valence-electron chi connectivity index (χ2n) is 6.40. The Morgan fingerprint density at radius 3 is 1.79 bits per heavy atom. The van der Waals surface area contributed by atoms with Gasteiger partial charge in [0.05, 0.1) is 5.56 Å². The average molecular weight is 392 g/mol. The first-order valence-corrected chi connectivity index (χ1v) is 9.03. The largest absolute Gasteiger partial charge is 0.206 e. The van der Waals surface area contributed by atoms with E-state index in [2.05, 4.69) is 30.6 Å². The maximum Gasteiger partial charge on any atom is 0.194 e. The Balaban J connectivity index is 1.78. The minimum absolute atomic E-state index is 0.0459. The van der Waals surface area contributed by atoms with Crippen molar-refractivity contribution in [1.82, 2.24) is 0 Å². The van der Waals surface area contributed by atoms with Crippen molar-refractivity contribution in [3.05, 3.63) is 106 Å².